The Morgan fingerprint density at radius 1 is 1.03 bits per heavy atom. The summed E-state index contributed by atoms with van der Waals surface area (Å²) < 4.78 is 43.1. The first-order valence-electron chi connectivity index (χ1n) is 11.7. The Kier molecular flexibility index (Phi) is 6.20. The largest absolute Gasteiger partial charge is 0.341 e. The molecule has 0 spiro atoms. The number of sulfonamides is 1. The average Bonchev–Trinajstić information content (AvgIpc) is 3.20. The Balaban J connectivity index is 1.54. The van der Waals surface area contributed by atoms with E-state index in [2.05, 4.69) is 20.6 Å². The molecule has 0 saturated carbocycles. The summed E-state index contributed by atoms with van der Waals surface area (Å²) in [6.45, 7) is 5.03. The van der Waals surface area contributed by atoms with E-state index in [4.69, 9.17) is 0 Å². The quantitative estimate of drug-likeness (QED) is 0.409. The third-order valence-electron chi connectivity index (χ3n) is 6.78. The molecule has 1 fully saturated rings. The molecular formula is C25H28FN5O3S. The zero-order chi connectivity index (χ0) is 24.7. The van der Waals surface area contributed by atoms with Crippen LogP contribution in [0.3, 0.4) is 0 Å². The zero-order valence-corrected chi connectivity index (χ0v) is 20.6. The Morgan fingerprint density at radius 2 is 1.74 bits per heavy atom. The molecule has 0 aliphatic carbocycles. The molecule has 1 aliphatic rings. The molecule has 0 unspecified atom stereocenters. The van der Waals surface area contributed by atoms with Crippen LogP contribution in [0.2, 0.25) is 0 Å². The van der Waals surface area contributed by atoms with Crippen LogP contribution in [0.5, 0.6) is 0 Å². The van der Waals surface area contributed by atoms with Gasteiger partial charge < -0.3 is 9.13 Å². The third-order valence-corrected chi connectivity index (χ3v) is 8.66. The van der Waals surface area contributed by atoms with Crippen molar-refractivity contribution in [3.8, 4) is 0 Å². The molecule has 0 N–H and O–H groups in total. The van der Waals surface area contributed by atoms with E-state index in [0.717, 1.165) is 27.4 Å². The van der Waals surface area contributed by atoms with Crippen LogP contribution < -0.4 is 5.56 Å². The summed E-state index contributed by atoms with van der Waals surface area (Å²) in [4.78, 5) is 19.5. The molecule has 8 nitrogen and oxygen atoms in total. The Hall–Kier alpha value is -3.08. The van der Waals surface area contributed by atoms with Gasteiger partial charge in [0.05, 0.1) is 17.5 Å². The lowest BCUT2D eigenvalue weighted by Crippen LogP contribution is -2.48. The molecule has 0 bridgehead atoms. The molecule has 4 heterocycles. The molecule has 35 heavy (non-hydrogen) atoms. The van der Waals surface area contributed by atoms with E-state index in [-0.39, 0.29) is 17.1 Å². The van der Waals surface area contributed by atoms with Gasteiger partial charge >= 0.3 is 0 Å². The normalized spacial score (nSPS) is 15.9. The van der Waals surface area contributed by atoms with E-state index >= 15 is 0 Å². The van der Waals surface area contributed by atoms with Crippen molar-refractivity contribution in [2.24, 2.45) is 7.05 Å². The van der Waals surface area contributed by atoms with Crippen LogP contribution in [0.4, 0.5) is 4.39 Å². The standard InChI is InChI=1S/C25H28FN5O3S/c1-3-35(33,34)31-12-10-29(11-13-31)16-19-17-30(15-18-4-6-20(26)7-5-18)22-14-27-24-21(23(19)22)8-9-28(2)25(24)32/h4-9,14,17H,3,10-13,15-16H2,1-2H3. The summed E-state index contributed by atoms with van der Waals surface area (Å²) in [5, 5.41) is 1.77. The van der Waals surface area contributed by atoms with Crippen molar-refractivity contribution in [2.75, 3.05) is 31.9 Å². The number of aromatic nitrogens is 3. The van der Waals surface area contributed by atoms with Crippen molar-refractivity contribution < 1.29 is 12.8 Å². The maximum atomic E-state index is 13.4. The molecule has 3 aromatic heterocycles. The smallest absolute Gasteiger partial charge is 0.276 e. The second kappa shape index (κ2) is 9.18. The first-order chi connectivity index (χ1) is 16.8. The van der Waals surface area contributed by atoms with Gasteiger partial charge in [-0.2, -0.15) is 4.31 Å². The summed E-state index contributed by atoms with van der Waals surface area (Å²) in [6, 6.07) is 8.34. The number of nitrogens with zero attached hydrogens (tertiary/aromatic N) is 5. The Morgan fingerprint density at radius 3 is 2.43 bits per heavy atom. The maximum Gasteiger partial charge on any atom is 0.276 e. The lowest BCUT2D eigenvalue weighted by atomic mass is 10.1. The lowest BCUT2D eigenvalue weighted by Gasteiger charge is -2.33. The van der Waals surface area contributed by atoms with Gasteiger partial charge in [-0.05, 0) is 36.2 Å². The van der Waals surface area contributed by atoms with Gasteiger partial charge in [0.2, 0.25) is 10.0 Å². The minimum Gasteiger partial charge on any atom is -0.341 e. The number of pyridine rings is 2. The van der Waals surface area contributed by atoms with Crippen molar-refractivity contribution >= 4 is 31.8 Å². The summed E-state index contributed by atoms with van der Waals surface area (Å²) >= 11 is 0. The van der Waals surface area contributed by atoms with Crippen molar-refractivity contribution in [2.45, 2.75) is 20.0 Å². The number of piperazine rings is 1. The van der Waals surface area contributed by atoms with Gasteiger partial charge in [0.25, 0.3) is 5.56 Å². The minimum atomic E-state index is -3.19. The molecule has 10 heteroatoms. The van der Waals surface area contributed by atoms with Crippen LogP contribution in [0.1, 0.15) is 18.1 Å². The van der Waals surface area contributed by atoms with E-state index in [1.54, 1.807) is 42.8 Å². The second-order valence-electron chi connectivity index (χ2n) is 9.00. The molecular weight excluding hydrogens is 469 g/mol. The van der Waals surface area contributed by atoms with Gasteiger partial charge in [0, 0.05) is 69.5 Å². The highest BCUT2D eigenvalue weighted by molar-refractivity contribution is 7.89. The monoisotopic (exact) mass is 497 g/mol. The molecule has 184 valence electrons. The van der Waals surface area contributed by atoms with Gasteiger partial charge in [-0.3, -0.25) is 9.69 Å². The highest BCUT2D eigenvalue weighted by Gasteiger charge is 2.26. The first-order valence-corrected chi connectivity index (χ1v) is 13.3. The van der Waals surface area contributed by atoms with Crippen LogP contribution in [0.15, 0.2) is 53.7 Å². The molecule has 4 aromatic rings. The number of fused-ring (bicyclic) bond motifs is 3. The van der Waals surface area contributed by atoms with Crippen LogP contribution in [0, 0.1) is 5.82 Å². The molecule has 0 atom stereocenters. The number of halogens is 1. The van der Waals surface area contributed by atoms with E-state index < -0.39 is 10.0 Å². The fourth-order valence-electron chi connectivity index (χ4n) is 4.77. The Labute approximate surface area is 203 Å². The van der Waals surface area contributed by atoms with Gasteiger partial charge in [-0.25, -0.2) is 17.8 Å². The van der Waals surface area contributed by atoms with Crippen molar-refractivity contribution in [1.82, 2.24) is 23.3 Å². The Bertz CT molecular complexity index is 1550. The van der Waals surface area contributed by atoms with Crippen LogP contribution in [0.25, 0.3) is 21.8 Å². The van der Waals surface area contributed by atoms with Crippen LogP contribution >= 0.6 is 0 Å². The third kappa shape index (κ3) is 4.49. The number of hydrogen-bond acceptors (Lipinski definition) is 5. The number of benzene rings is 1. The predicted octanol–water partition coefficient (Wildman–Crippen LogP) is 2.54. The van der Waals surface area contributed by atoms with E-state index in [1.165, 1.54) is 16.7 Å². The molecule has 0 radical (unpaired) electrons. The number of rotatable bonds is 6. The summed E-state index contributed by atoms with van der Waals surface area (Å²) in [5.41, 5.74) is 3.17. The summed E-state index contributed by atoms with van der Waals surface area (Å²) in [5.74, 6) is -0.169. The topological polar surface area (TPSA) is 80.4 Å². The van der Waals surface area contributed by atoms with E-state index in [1.807, 2.05) is 6.07 Å². The number of hydrogen-bond donors (Lipinski definition) is 0. The predicted molar refractivity (Wildman–Crippen MR) is 134 cm³/mol. The van der Waals surface area contributed by atoms with Gasteiger partial charge in [-0.15, -0.1) is 0 Å². The molecule has 0 amide bonds. The average molecular weight is 498 g/mol. The summed E-state index contributed by atoms with van der Waals surface area (Å²) in [7, 11) is -1.49. The van der Waals surface area contributed by atoms with Gasteiger partial charge in [-0.1, -0.05) is 12.1 Å². The van der Waals surface area contributed by atoms with Crippen molar-refractivity contribution in [3.05, 3.63) is 76.2 Å². The lowest BCUT2D eigenvalue weighted by molar-refractivity contribution is 0.182. The van der Waals surface area contributed by atoms with Crippen molar-refractivity contribution in [3.63, 3.8) is 0 Å². The van der Waals surface area contributed by atoms with Gasteiger partial charge in [0.1, 0.15) is 11.3 Å². The highest BCUT2D eigenvalue weighted by atomic mass is 32.2. The zero-order valence-electron chi connectivity index (χ0n) is 19.8. The summed E-state index contributed by atoms with van der Waals surface area (Å²) in [6.07, 6.45) is 5.56. The minimum absolute atomic E-state index is 0.109. The maximum absolute atomic E-state index is 13.4. The second-order valence-corrected chi connectivity index (χ2v) is 11.3. The first kappa shape index (κ1) is 23.7. The number of aryl methyl sites for hydroxylation is 1. The SMILES string of the molecule is CCS(=O)(=O)N1CCN(Cc2cn(Cc3ccc(F)cc3)c3cnc4c(=O)n(C)ccc4c23)CC1. The van der Waals surface area contributed by atoms with Gasteiger partial charge in [0.15, 0.2) is 0 Å². The van der Waals surface area contributed by atoms with Crippen LogP contribution in [-0.4, -0.2) is 63.7 Å². The molecule has 1 saturated heterocycles. The highest BCUT2D eigenvalue weighted by Crippen LogP contribution is 2.29. The molecule has 1 aliphatic heterocycles. The fourth-order valence-corrected chi connectivity index (χ4v) is 5.86. The van der Waals surface area contributed by atoms with Crippen LogP contribution in [-0.2, 0) is 30.2 Å². The van der Waals surface area contributed by atoms with E-state index in [0.29, 0.717) is 44.8 Å². The fraction of sp³-hybridized carbons (Fsp3) is 0.360. The molecule has 5 rings (SSSR count). The van der Waals surface area contributed by atoms with Crippen molar-refractivity contribution in [1.29, 1.82) is 0 Å². The molecule has 1 aromatic carbocycles. The van der Waals surface area contributed by atoms with E-state index in [9.17, 15) is 17.6 Å².